The summed E-state index contributed by atoms with van der Waals surface area (Å²) in [4.78, 5) is 0. The number of hydrogen-bond acceptors (Lipinski definition) is 5. The molecule has 23 heavy (non-hydrogen) atoms. The van der Waals surface area contributed by atoms with Gasteiger partial charge in [-0.25, -0.2) is 0 Å². The van der Waals surface area contributed by atoms with Crippen LogP contribution in [-0.4, -0.2) is 37.1 Å². The average molecular weight is 325 g/mol. The Hall–Kier alpha value is -1.46. The minimum Gasteiger partial charge on any atom is -0.490 e. The quantitative estimate of drug-likeness (QED) is 0.691. The zero-order valence-electron chi connectivity index (χ0n) is 15.0. The highest BCUT2D eigenvalue weighted by molar-refractivity contribution is 5.57. The van der Waals surface area contributed by atoms with Crippen LogP contribution < -0.4 is 19.9 Å². The van der Waals surface area contributed by atoms with Crippen molar-refractivity contribution in [3.63, 3.8) is 0 Å². The summed E-state index contributed by atoms with van der Waals surface area (Å²) in [5.74, 6) is 2.11. The number of hydrogen-bond donors (Lipinski definition) is 2. The molecule has 1 rings (SSSR count). The van der Waals surface area contributed by atoms with Crippen molar-refractivity contribution in [2.45, 2.75) is 59.1 Å². The number of aliphatic hydroxyl groups is 1. The second-order valence-electron chi connectivity index (χ2n) is 5.67. The van der Waals surface area contributed by atoms with Gasteiger partial charge in [0.25, 0.3) is 0 Å². The molecule has 3 unspecified atom stereocenters. The highest BCUT2D eigenvalue weighted by Crippen LogP contribution is 2.44. The highest BCUT2D eigenvalue weighted by atomic mass is 16.5. The van der Waals surface area contributed by atoms with Crippen molar-refractivity contribution in [2.75, 3.05) is 19.8 Å². The maximum absolute atomic E-state index is 10.1. The van der Waals surface area contributed by atoms with Crippen molar-refractivity contribution < 1.29 is 19.3 Å². The van der Waals surface area contributed by atoms with Gasteiger partial charge in [-0.1, -0.05) is 13.0 Å². The van der Waals surface area contributed by atoms with E-state index in [1.807, 2.05) is 39.8 Å². The van der Waals surface area contributed by atoms with Gasteiger partial charge in [0.2, 0.25) is 5.75 Å². The van der Waals surface area contributed by atoms with E-state index in [1.165, 1.54) is 0 Å². The van der Waals surface area contributed by atoms with Crippen molar-refractivity contribution in [1.29, 1.82) is 0 Å². The molecule has 0 aliphatic rings. The van der Waals surface area contributed by atoms with Crippen LogP contribution in [0.2, 0.25) is 0 Å². The number of rotatable bonds is 10. The molecule has 0 bridgehead atoms. The Labute approximate surface area is 139 Å². The zero-order valence-corrected chi connectivity index (χ0v) is 15.0. The van der Waals surface area contributed by atoms with E-state index in [0.717, 1.165) is 5.56 Å². The van der Waals surface area contributed by atoms with E-state index >= 15 is 0 Å². The van der Waals surface area contributed by atoms with Gasteiger partial charge in [-0.05, 0) is 46.1 Å². The summed E-state index contributed by atoms with van der Waals surface area (Å²) in [5.41, 5.74) is 6.77. The Morgan fingerprint density at radius 2 is 1.52 bits per heavy atom. The number of ether oxygens (including phenoxy) is 3. The smallest absolute Gasteiger partial charge is 0.203 e. The Balaban J connectivity index is 3.21. The lowest BCUT2D eigenvalue weighted by atomic mass is 9.91. The van der Waals surface area contributed by atoms with Crippen LogP contribution in [0.3, 0.4) is 0 Å². The van der Waals surface area contributed by atoms with E-state index in [2.05, 4.69) is 6.92 Å². The van der Waals surface area contributed by atoms with Gasteiger partial charge in [0, 0.05) is 11.6 Å². The molecule has 5 nitrogen and oxygen atoms in total. The SMILES string of the molecule is CCOc1ccc(C(C)CC(O)C(C)N)c(OCC)c1OCC. The fraction of sp³-hybridized carbons (Fsp3) is 0.667. The van der Waals surface area contributed by atoms with Gasteiger partial charge in [-0.15, -0.1) is 0 Å². The maximum Gasteiger partial charge on any atom is 0.203 e. The predicted octanol–water partition coefficient (Wildman–Crippen LogP) is 3.08. The molecule has 0 aromatic heterocycles. The molecule has 5 heteroatoms. The molecule has 0 heterocycles. The molecule has 3 N–H and O–H groups in total. The Kier molecular flexibility index (Phi) is 8.20. The summed E-state index contributed by atoms with van der Waals surface area (Å²) in [7, 11) is 0. The largest absolute Gasteiger partial charge is 0.490 e. The normalized spacial score (nSPS) is 14.9. The average Bonchev–Trinajstić information content (AvgIpc) is 2.50. The van der Waals surface area contributed by atoms with Gasteiger partial charge < -0.3 is 25.1 Å². The topological polar surface area (TPSA) is 73.9 Å². The van der Waals surface area contributed by atoms with Crippen molar-refractivity contribution in [2.24, 2.45) is 5.73 Å². The van der Waals surface area contributed by atoms with Gasteiger partial charge in [0.15, 0.2) is 11.5 Å². The number of nitrogens with two attached hydrogens (primary N) is 1. The molecule has 0 spiro atoms. The van der Waals surface area contributed by atoms with Crippen LogP contribution >= 0.6 is 0 Å². The summed E-state index contributed by atoms with van der Waals surface area (Å²) < 4.78 is 17.3. The van der Waals surface area contributed by atoms with Gasteiger partial charge in [-0.2, -0.15) is 0 Å². The van der Waals surface area contributed by atoms with Gasteiger partial charge in [-0.3, -0.25) is 0 Å². The second kappa shape index (κ2) is 9.63. The third-order valence-corrected chi connectivity index (χ3v) is 3.72. The molecule has 3 atom stereocenters. The molecule has 0 saturated carbocycles. The summed E-state index contributed by atoms with van der Waals surface area (Å²) in [6.45, 7) is 11.3. The maximum atomic E-state index is 10.1. The third-order valence-electron chi connectivity index (χ3n) is 3.72. The fourth-order valence-corrected chi connectivity index (χ4v) is 2.50. The molecule has 0 aliphatic heterocycles. The Morgan fingerprint density at radius 1 is 0.957 bits per heavy atom. The van der Waals surface area contributed by atoms with Crippen molar-refractivity contribution in [3.8, 4) is 17.2 Å². The monoisotopic (exact) mass is 325 g/mol. The molecule has 132 valence electrons. The summed E-state index contributed by atoms with van der Waals surface area (Å²) >= 11 is 0. The lowest BCUT2D eigenvalue weighted by molar-refractivity contribution is 0.134. The standard InChI is InChI=1S/C18H31NO4/c1-6-21-16-10-9-14(12(4)11-15(20)13(5)19)17(22-7-2)18(16)23-8-3/h9-10,12-13,15,20H,6-8,11,19H2,1-5H3. The fourth-order valence-electron chi connectivity index (χ4n) is 2.50. The minimum atomic E-state index is -0.554. The molecule has 0 amide bonds. The van der Waals surface area contributed by atoms with Crippen molar-refractivity contribution in [1.82, 2.24) is 0 Å². The van der Waals surface area contributed by atoms with Crippen LogP contribution in [0.25, 0.3) is 0 Å². The van der Waals surface area contributed by atoms with Gasteiger partial charge in [0.05, 0.1) is 25.9 Å². The Morgan fingerprint density at radius 3 is 2.04 bits per heavy atom. The van der Waals surface area contributed by atoms with Crippen LogP contribution in [0.5, 0.6) is 17.2 Å². The minimum absolute atomic E-state index is 0.0902. The van der Waals surface area contributed by atoms with Crippen LogP contribution in [0.4, 0.5) is 0 Å². The lowest BCUT2D eigenvalue weighted by Crippen LogP contribution is -2.32. The van der Waals surface area contributed by atoms with E-state index in [-0.39, 0.29) is 12.0 Å². The third kappa shape index (κ3) is 5.29. The van der Waals surface area contributed by atoms with Crippen LogP contribution in [0, 0.1) is 0 Å². The molecule has 1 aromatic rings. The molecular weight excluding hydrogens is 294 g/mol. The first kappa shape index (κ1) is 19.6. The van der Waals surface area contributed by atoms with E-state index in [9.17, 15) is 5.11 Å². The van der Waals surface area contributed by atoms with E-state index in [1.54, 1.807) is 0 Å². The summed E-state index contributed by atoms with van der Waals surface area (Å²) in [6, 6.07) is 3.63. The predicted molar refractivity (Wildman–Crippen MR) is 92.6 cm³/mol. The zero-order chi connectivity index (χ0) is 17.4. The van der Waals surface area contributed by atoms with E-state index in [0.29, 0.717) is 43.5 Å². The van der Waals surface area contributed by atoms with Crippen LogP contribution in [-0.2, 0) is 0 Å². The highest BCUT2D eigenvalue weighted by Gasteiger charge is 2.23. The molecule has 0 saturated heterocycles. The Bertz CT molecular complexity index is 476. The van der Waals surface area contributed by atoms with E-state index in [4.69, 9.17) is 19.9 Å². The second-order valence-corrected chi connectivity index (χ2v) is 5.67. The summed E-state index contributed by atoms with van der Waals surface area (Å²) in [5, 5.41) is 10.1. The van der Waals surface area contributed by atoms with E-state index < -0.39 is 6.10 Å². The van der Waals surface area contributed by atoms with Gasteiger partial charge in [0.1, 0.15) is 0 Å². The first-order chi connectivity index (χ1) is 11.0. The molecule has 0 fully saturated rings. The first-order valence-electron chi connectivity index (χ1n) is 8.45. The molecule has 0 radical (unpaired) electrons. The summed E-state index contributed by atoms with van der Waals surface area (Å²) in [6.07, 6.45) is 0.0127. The van der Waals surface area contributed by atoms with Gasteiger partial charge >= 0.3 is 0 Å². The van der Waals surface area contributed by atoms with Crippen LogP contribution in [0.1, 0.15) is 52.5 Å². The van der Waals surface area contributed by atoms with Crippen molar-refractivity contribution >= 4 is 0 Å². The van der Waals surface area contributed by atoms with Crippen LogP contribution in [0.15, 0.2) is 12.1 Å². The first-order valence-corrected chi connectivity index (χ1v) is 8.45. The lowest BCUT2D eigenvalue weighted by Gasteiger charge is -2.24. The number of aliphatic hydroxyl groups excluding tert-OH is 1. The molecular formula is C18H31NO4. The molecule has 1 aromatic carbocycles. The van der Waals surface area contributed by atoms with Crippen molar-refractivity contribution in [3.05, 3.63) is 17.7 Å². The molecule has 0 aliphatic carbocycles. The number of benzene rings is 1.